The number of halogens is 2. The number of aryl methyl sites for hydroxylation is 1. The van der Waals surface area contributed by atoms with Crippen molar-refractivity contribution in [2.75, 3.05) is 24.4 Å². The maximum absolute atomic E-state index is 13.6. The van der Waals surface area contributed by atoms with Gasteiger partial charge < -0.3 is 4.90 Å². The standard InChI is InChI=1S/C19H20Cl2N2O2S/c1-12-3-6-17-14(9-12)15-11-22(2)8-7-18(15)23(17)26(24,25)19-10-13(20)4-5-16(19)21/h3-6,9-10,15,18H,7-8,11H2,1-2H3/p+1/t15-,18-/m0/s1. The minimum absolute atomic E-state index is 0.0736. The molecular formula is C19H21Cl2N2O2S+. The Balaban J connectivity index is 1.89. The van der Waals surface area contributed by atoms with Gasteiger partial charge in [0.25, 0.3) is 10.0 Å². The molecule has 3 atom stereocenters. The molecule has 0 radical (unpaired) electrons. The summed E-state index contributed by atoms with van der Waals surface area (Å²) in [7, 11) is -1.63. The normalized spacial score (nSPS) is 25.1. The molecule has 0 saturated carbocycles. The van der Waals surface area contributed by atoms with Crippen LogP contribution in [0.1, 0.15) is 23.5 Å². The molecule has 2 aromatic rings. The van der Waals surface area contributed by atoms with Crippen molar-refractivity contribution in [3.8, 4) is 0 Å². The van der Waals surface area contributed by atoms with E-state index in [0.29, 0.717) is 5.02 Å². The van der Waals surface area contributed by atoms with Gasteiger partial charge in [-0.15, -0.1) is 0 Å². The smallest absolute Gasteiger partial charge is 0.266 e. The summed E-state index contributed by atoms with van der Waals surface area (Å²) < 4.78 is 28.7. The van der Waals surface area contributed by atoms with Crippen LogP contribution < -0.4 is 9.21 Å². The maximum Gasteiger partial charge on any atom is 0.266 e. The molecule has 26 heavy (non-hydrogen) atoms. The number of nitrogens with one attached hydrogen (secondary N) is 1. The molecule has 0 aliphatic carbocycles. The minimum Gasteiger partial charge on any atom is -0.337 e. The minimum atomic E-state index is -3.80. The average Bonchev–Trinajstić information content (AvgIpc) is 2.90. The number of rotatable bonds is 2. The molecular weight excluding hydrogens is 391 g/mol. The summed E-state index contributed by atoms with van der Waals surface area (Å²) in [5.74, 6) is 0.200. The third-order valence-electron chi connectivity index (χ3n) is 5.45. The van der Waals surface area contributed by atoms with Crippen molar-refractivity contribution in [2.24, 2.45) is 0 Å². The van der Waals surface area contributed by atoms with Crippen LogP contribution in [0.2, 0.25) is 10.0 Å². The first-order chi connectivity index (χ1) is 12.3. The van der Waals surface area contributed by atoms with E-state index in [9.17, 15) is 8.42 Å². The second-order valence-electron chi connectivity index (χ2n) is 7.31. The summed E-state index contributed by atoms with van der Waals surface area (Å²) in [6, 6.07) is 10.5. The number of hydrogen-bond acceptors (Lipinski definition) is 2. The lowest BCUT2D eigenvalue weighted by atomic mass is 9.89. The molecule has 138 valence electrons. The fourth-order valence-corrected chi connectivity index (χ4v) is 6.73. The van der Waals surface area contributed by atoms with E-state index in [2.05, 4.69) is 13.1 Å². The average molecular weight is 412 g/mol. The Morgan fingerprint density at radius 3 is 2.69 bits per heavy atom. The van der Waals surface area contributed by atoms with Gasteiger partial charge in [0, 0.05) is 11.4 Å². The van der Waals surface area contributed by atoms with Crippen molar-refractivity contribution < 1.29 is 13.3 Å². The van der Waals surface area contributed by atoms with E-state index in [1.807, 2.05) is 19.1 Å². The quantitative estimate of drug-likeness (QED) is 0.825. The van der Waals surface area contributed by atoms with Gasteiger partial charge in [-0.05, 0) is 36.8 Å². The van der Waals surface area contributed by atoms with E-state index >= 15 is 0 Å². The molecule has 2 heterocycles. The van der Waals surface area contributed by atoms with Gasteiger partial charge in [0.1, 0.15) is 4.90 Å². The molecule has 4 rings (SSSR count). The highest BCUT2D eigenvalue weighted by Gasteiger charge is 2.48. The second kappa shape index (κ2) is 6.41. The number of nitrogens with zero attached hydrogens (tertiary/aromatic N) is 1. The first-order valence-corrected chi connectivity index (χ1v) is 10.9. The second-order valence-corrected chi connectivity index (χ2v) is 9.94. The summed E-state index contributed by atoms with van der Waals surface area (Å²) in [6.45, 7) is 3.92. The third-order valence-corrected chi connectivity index (χ3v) is 8.01. The van der Waals surface area contributed by atoms with E-state index in [1.165, 1.54) is 11.0 Å². The zero-order chi connectivity index (χ0) is 18.6. The van der Waals surface area contributed by atoms with Crippen LogP contribution in [0.15, 0.2) is 41.3 Å². The molecule has 0 aromatic heterocycles. The Morgan fingerprint density at radius 1 is 1.15 bits per heavy atom. The predicted octanol–water partition coefficient (Wildman–Crippen LogP) is 2.88. The lowest BCUT2D eigenvalue weighted by Crippen LogP contribution is -3.11. The van der Waals surface area contributed by atoms with E-state index in [4.69, 9.17) is 23.2 Å². The van der Waals surface area contributed by atoms with Gasteiger partial charge in [0.15, 0.2) is 0 Å². The molecule has 1 N–H and O–H groups in total. The Bertz CT molecular complexity index is 977. The fraction of sp³-hybridized carbons (Fsp3) is 0.368. The maximum atomic E-state index is 13.6. The van der Waals surface area contributed by atoms with Crippen LogP contribution in [0.5, 0.6) is 0 Å². The highest BCUT2D eigenvalue weighted by Crippen LogP contribution is 2.46. The number of anilines is 1. The van der Waals surface area contributed by atoms with Crippen molar-refractivity contribution in [2.45, 2.75) is 30.2 Å². The molecule has 1 fully saturated rings. The molecule has 1 unspecified atom stereocenters. The molecule has 2 aromatic carbocycles. The van der Waals surface area contributed by atoms with Gasteiger partial charge in [-0.1, -0.05) is 40.9 Å². The summed E-state index contributed by atoms with van der Waals surface area (Å²) >= 11 is 12.3. The van der Waals surface area contributed by atoms with E-state index in [1.54, 1.807) is 16.4 Å². The highest BCUT2D eigenvalue weighted by atomic mass is 35.5. The lowest BCUT2D eigenvalue weighted by molar-refractivity contribution is -0.886. The van der Waals surface area contributed by atoms with Crippen molar-refractivity contribution in [1.82, 2.24) is 0 Å². The van der Waals surface area contributed by atoms with Crippen molar-refractivity contribution >= 4 is 38.9 Å². The topological polar surface area (TPSA) is 41.8 Å². The van der Waals surface area contributed by atoms with Crippen LogP contribution in [0.3, 0.4) is 0 Å². The number of benzene rings is 2. The summed E-state index contributed by atoms with van der Waals surface area (Å²) in [6.07, 6.45) is 0.821. The van der Waals surface area contributed by atoms with E-state index in [-0.39, 0.29) is 21.9 Å². The lowest BCUT2D eigenvalue weighted by Gasteiger charge is -2.34. The molecule has 4 nitrogen and oxygen atoms in total. The van der Waals surface area contributed by atoms with Gasteiger partial charge in [0.05, 0.1) is 42.8 Å². The summed E-state index contributed by atoms with van der Waals surface area (Å²) in [5, 5.41) is 0.561. The van der Waals surface area contributed by atoms with Crippen LogP contribution in [0.25, 0.3) is 0 Å². The zero-order valence-corrected chi connectivity index (χ0v) is 17.0. The van der Waals surface area contributed by atoms with Crippen molar-refractivity contribution in [1.29, 1.82) is 0 Å². The van der Waals surface area contributed by atoms with Crippen LogP contribution >= 0.6 is 23.2 Å². The zero-order valence-electron chi connectivity index (χ0n) is 14.7. The third kappa shape index (κ3) is 2.82. The Labute approximate surface area is 164 Å². The summed E-state index contributed by atoms with van der Waals surface area (Å²) in [5.41, 5.74) is 3.04. The number of fused-ring (bicyclic) bond motifs is 3. The SMILES string of the molecule is Cc1ccc2c(c1)[C@@H]1C[NH+](C)CC[C@@H]1N2S(=O)(=O)c1cc(Cl)ccc1Cl. The number of likely N-dealkylation sites (tertiary alicyclic amines) is 1. The first kappa shape index (κ1) is 18.1. The molecule has 0 bridgehead atoms. The number of sulfonamides is 1. The largest absolute Gasteiger partial charge is 0.337 e. The first-order valence-electron chi connectivity index (χ1n) is 8.70. The van der Waals surface area contributed by atoms with Gasteiger partial charge in [-0.25, -0.2) is 8.42 Å². The highest BCUT2D eigenvalue weighted by molar-refractivity contribution is 7.93. The Hall–Kier alpha value is -1.27. The molecule has 0 spiro atoms. The van der Waals surface area contributed by atoms with E-state index < -0.39 is 10.0 Å². The number of hydrogen-bond donors (Lipinski definition) is 1. The summed E-state index contributed by atoms with van der Waals surface area (Å²) in [4.78, 5) is 1.50. The number of likely N-dealkylation sites (N-methyl/N-ethyl adjacent to an activating group) is 1. The van der Waals surface area contributed by atoms with Crippen molar-refractivity contribution in [3.05, 3.63) is 57.6 Å². The molecule has 0 amide bonds. The Morgan fingerprint density at radius 2 is 1.92 bits per heavy atom. The predicted molar refractivity (Wildman–Crippen MR) is 105 cm³/mol. The van der Waals surface area contributed by atoms with Crippen LogP contribution in [-0.2, 0) is 10.0 Å². The van der Waals surface area contributed by atoms with Gasteiger partial charge in [-0.3, -0.25) is 4.31 Å². The molecule has 2 aliphatic rings. The van der Waals surface area contributed by atoms with Gasteiger partial charge in [-0.2, -0.15) is 0 Å². The monoisotopic (exact) mass is 411 g/mol. The number of quaternary nitrogens is 1. The van der Waals surface area contributed by atoms with Crippen molar-refractivity contribution in [3.63, 3.8) is 0 Å². The van der Waals surface area contributed by atoms with Gasteiger partial charge in [0.2, 0.25) is 0 Å². The Kier molecular flexibility index (Phi) is 4.47. The van der Waals surface area contributed by atoms with Gasteiger partial charge >= 0.3 is 0 Å². The fourth-order valence-electron chi connectivity index (χ4n) is 4.25. The van der Waals surface area contributed by atoms with Crippen LogP contribution in [0.4, 0.5) is 5.69 Å². The number of piperidine rings is 1. The molecule has 2 aliphatic heterocycles. The van der Waals surface area contributed by atoms with E-state index in [0.717, 1.165) is 36.3 Å². The molecule has 7 heteroatoms. The van der Waals surface area contributed by atoms with Crippen LogP contribution in [-0.4, -0.2) is 34.6 Å². The molecule has 1 saturated heterocycles. The van der Waals surface area contributed by atoms with Crippen LogP contribution in [0, 0.1) is 6.92 Å².